The standard InChI is InChI=1S/C11H12ClNO/c1-11(8-13,6-7-14)9-2-4-10(12)5-3-9/h2-5,14H,6-7H2,1H3. The van der Waals surface area contributed by atoms with E-state index in [1.54, 1.807) is 12.1 Å². The molecule has 0 saturated carbocycles. The van der Waals surface area contributed by atoms with Crippen molar-refractivity contribution in [2.45, 2.75) is 18.8 Å². The van der Waals surface area contributed by atoms with Crippen LogP contribution in [0, 0.1) is 11.3 Å². The average molecular weight is 210 g/mol. The number of halogens is 1. The first-order valence-corrected chi connectivity index (χ1v) is 4.78. The highest BCUT2D eigenvalue weighted by atomic mass is 35.5. The Labute approximate surface area is 88.7 Å². The van der Waals surface area contributed by atoms with E-state index in [0.29, 0.717) is 11.4 Å². The van der Waals surface area contributed by atoms with Gasteiger partial charge in [-0.25, -0.2) is 0 Å². The van der Waals surface area contributed by atoms with E-state index in [0.717, 1.165) is 5.56 Å². The van der Waals surface area contributed by atoms with E-state index < -0.39 is 5.41 Å². The van der Waals surface area contributed by atoms with Gasteiger partial charge in [-0.2, -0.15) is 5.26 Å². The molecule has 0 aliphatic rings. The Hall–Kier alpha value is -1.04. The third-order valence-electron chi connectivity index (χ3n) is 2.34. The summed E-state index contributed by atoms with van der Waals surface area (Å²) in [6, 6.07) is 9.36. The van der Waals surface area contributed by atoms with Gasteiger partial charge in [-0.1, -0.05) is 23.7 Å². The first-order valence-electron chi connectivity index (χ1n) is 4.40. The monoisotopic (exact) mass is 209 g/mol. The number of rotatable bonds is 3. The van der Waals surface area contributed by atoms with Crippen LogP contribution in [0.25, 0.3) is 0 Å². The van der Waals surface area contributed by atoms with Gasteiger partial charge in [0.25, 0.3) is 0 Å². The van der Waals surface area contributed by atoms with Crippen LogP contribution in [0.5, 0.6) is 0 Å². The van der Waals surface area contributed by atoms with E-state index in [-0.39, 0.29) is 6.61 Å². The third-order valence-corrected chi connectivity index (χ3v) is 2.59. The largest absolute Gasteiger partial charge is 0.396 e. The lowest BCUT2D eigenvalue weighted by atomic mass is 9.81. The van der Waals surface area contributed by atoms with E-state index in [9.17, 15) is 0 Å². The van der Waals surface area contributed by atoms with Gasteiger partial charge in [0.1, 0.15) is 0 Å². The molecule has 1 N–H and O–H groups in total. The first kappa shape index (κ1) is 11.0. The quantitative estimate of drug-likeness (QED) is 0.832. The van der Waals surface area contributed by atoms with E-state index in [4.69, 9.17) is 22.0 Å². The fourth-order valence-corrected chi connectivity index (χ4v) is 1.43. The van der Waals surface area contributed by atoms with Gasteiger partial charge in [-0.3, -0.25) is 0 Å². The second kappa shape index (κ2) is 4.45. The highest BCUT2D eigenvalue weighted by molar-refractivity contribution is 6.30. The lowest BCUT2D eigenvalue weighted by molar-refractivity contribution is 0.264. The summed E-state index contributed by atoms with van der Waals surface area (Å²) < 4.78 is 0. The second-order valence-corrected chi connectivity index (χ2v) is 3.86. The molecule has 0 aliphatic heterocycles. The third kappa shape index (κ3) is 2.25. The summed E-state index contributed by atoms with van der Waals surface area (Å²) in [5, 5.41) is 18.6. The molecule has 1 aromatic carbocycles. The molecule has 1 unspecified atom stereocenters. The SMILES string of the molecule is CC(C#N)(CCO)c1ccc(Cl)cc1. The molecule has 0 radical (unpaired) electrons. The number of aliphatic hydroxyl groups excluding tert-OH is 1. The minimum Gasteiger partial charge on any atom is -0.396 e. The van der Waals surface area contributed by atoms with Crippen molar-refractivity contribution in [1.29, 1.82) is 5.26 Å². The fourth-order valence-electron chi connectivity index (χ4n) is 1.31. The topological polar surface area (TPSA) is 44.0 Å². The highest BCUT2D eigenvalue weighted by Gasteiger charge is 2.25. The molecule has 0 aliphatic carbocycles. The van der Waals surface area contributed by atoms with Gasteiger partial charge in [-0.05, 0) is 31.0 Å². The first-order chi connectivity index (χ1) is 6.62. The highest BCUT2D eigenvalue weighted by Crippen LogP contribution is 2.27. The lowest BCUT2D eigenvalue weighted by Crippen LogP contribution is -2.20. The fraction of sp³-hybridized carbons (Fsp3) is 0.364. The summed E-state index contributed by atoms with van der Waals surface area (Å²) in [6.07, 6.45) is 0.436. The number of nitrogens with zero attached hydrogens (tertiary/aromatic N) is 1. The Balaban J connectivity index is 3.01. The summed E-state index contributed by atoms with van der Waals surface area (Å²) in [4.78, 5) is 0. The summed E-state index contributed by atoms with van der Waals surface area (Å²) in [5.41, 5.74) is 0.262. The maximum atomic E-state index is 9.05. The predicted octanol–water partition coefficient (Wildman–Crippen LogP) is 2.50. The molecular formula is C11H12ClNO. The zero-order chi connectivity index (χ0) is 10.6. The Bertz CT molecular complexity index is 341. The van der Waals surface area contributed by atoms with Crippen molar-refractivity contribution in [3.63, 3.8) is 0 Å². The molecule has 0 bridgehead atoms. The molecule has 0 saturated heterocycles. The van der Waals surface area contributed by atoms with Crippen molar-refractivity contribution in [3.8, 4) is 6.07 Å². The molecular weight excluding hydrogens is 198 g/mol. The van der Waals surface area contributed by atoms with Crippen molar-refractivity contribution in [1.82, 2.24) is 0 Å². The Morgan fingerprint density at radius 1 is 1.43 bits per heavy atom. The number of nitriles is 1. The average Bonchev–Trinajstić information content (AvgIpc) is 2.19. The van der Waals surface area contributed by atoms with E-state index >= 15 is 0 Å². The van der Waals surface area contributed by atoms with Crippen LogP contribution in [0.4, 0.5) is 0 Å². The molecule has 74 valence electrons. The van der Waals surface area contributed by atoms with Crippen LogP contribution in [0.3, 0.4) is 0 Å². The Morgan fingerprint density at radius 3 is 2.43 bits per heavy atom. The van der Waals surface area contributed by atoms with Crippen LogP contribution < -0.4 is 0 Å². The van der Waals surface area contributed by atoms with Crippen LogP contribution in [0.15, 0.2) is 24.3 Å². The molecule has 1 rings (SSSR count). The Morgan fingerprint density at radius 2 is 2.00 bits per heavy atom. The van der Waals surface area contributed by atoms with Gasteiger partial charge in [0.2, 0.25) is 0 Å². The van der Waals surface area contributed by atoms with Gasteiger partial charge in [-0.15, -0.1) is 0 Å². The predicted molar refractivity (Wildman–Crippen MR) is 56.1 cm³/mol. The summed E-state index contributed by atoms with van der Waals surface area (Å²) in [6.45, 7) is 1.82. The van der Waals surface area contributed by atoms with Gasteiger partial charge in [0, 0.05) is 11.6 Å². The molecule has 0 aromatic heterocycles. The van der Waals surface area contributed by atoms with Crippen LogP contribution in [0.2, 0.25) is 5.02 Å². The second-order valence-electron chi connectivity index (χ2n) is 3.42. The molecule has 3 heteroatoms. The molecule has 2 nitrogen and oxygen atoms in total. The normalized spacial score (nSPS) is 14.4. The summed E-state index contributed by atoms with van der Waals surface area (Å²) >= 11 is 5.75. The van der Waals surface area contributed by atoms with E-state index in [2.05, 4.69) is 6.07 Å². The van der Waals surface area contributed by atoms with Crippen LogP contribution in [-0.4, -0.2) is 11.7 Å². The Kier molecular flexibility index (Phi) is 3.51. The molecule has 0 heterocycles. The zero-order valence-electron chi connectivity index (χ0n) is 8.00. The summed E-state index contributed by atoms with van der Waals surface area (Å²) in [5.74, 6) is 0. The maximum absolute atomic E-state index is 9.05. The van der Waals surface area contributed by atoms with E-state index in [1.165, 1.54) is 0 Å². The van der Waals surface area contributed by atoms with E-state index in [1.807, 2.05) is 19.1 Å². The van der Waals surface area contributed by atoms with Crippen molar-refractivity contribution in [2.24, 2.45) is 0 Å². The van der Waals surface area contributed by atoms with Crippen molar-refractivity contribution in [3.05, 3.63) is 34.9 Å². The van der Waals surface area contributed by atoms with Crippen LogP contribution >= 0.6 is 11.6 Å². The summed E-state index contributed by atoms with van der Waals surface area (Å²) in [7, 11) is 0. The minimum absolute atomic E-state index is 0.00663. The van der Waals surface area contributed by atoms with Gasteiger partial charge in [0.15, 0.2) is 0 Å². The van der Waals surface area contributed by atoms with Gasteiger partial charge < -0.3 is 5.11 Å². The lowest BCUT2D eigenvalue weighted by Gasteiger charge is -2.20. The molecule has 1 atom stereocenters. The minimum atomic E-state index is -0.626. The number of aliphatic hydroxyl groups is 1. The van der Waals surface area contributed by atoms with Crippen molar-refractivity contribution >= 4 is 11.6 Å². The van der Waals surface area contributed by atoms with Crippen LogP contribution in [-0.2, 0) is 5.41 Å². The molecule has 0 fully saturated rings. The number of hydrogen-bond acceptors (Lipinski definition) is 2. The van der Waals surface area contributed by atoms with Crippen LogP contribution in [0.1, 0.15) is 18.9 Å². The van der Waals surface area contributed by atoms with Gasteiger partial charge in [0.05, 0.1) is 11.5 Å². The zero-order valence-corrected chi connectivity index (χ0v) is 8.75. The van der Waals surface area contributed by atoms with Crippen molar-refractivity contribution in [2.75, 3.05) is 6.61 Å². The smallest absolute Gasteiger partial charge is 0.0816 e. The molecule has 1 aromatic rings. The van der Waals surface area contributed by atoms with Crippen molar-refractivity contribution < 1.29 is 5.11 Å². The molecule has 0 amide bonds. The molecule has 0 spiro atoms. The maximum Gasteiger partial charge on any atom is 0.0816 e. The number of hydrogen-bond donors (Lipinski definition) is 1. The van der Waals surface area contributed by atoms with Gasteiger partial charge >= 0.3 is 0 Å². The number of benzene rings is 1. The molecule has 14 heavy (non-hydrogen) atoms.